The minimum atomic E-state index is -0.180. The number of nitrogens with zero attached hydrogens (tertiary/aromatic N) is 1. The number of hydrogen-bond acceptors (Lipinski definition) is 2. The molecule has 140 valence electrons. The molecule has 4 rings (SSSR count). The molecule has 0 radical (unpaired) electrons. The summed E-state index contributed by atoms with van der Waals surface area (Å²) in [6.07, 6.45) is 0.866. The van der Waals surface area contributed by atoms with Crippen LogP contribution in [0.15, 0.2) is 72.8 Å². The van der Waals surface area contributed by atoms with Gasteiger partial charge in [-0.3, -0.25) is 9.59 Å². The molecule has 1 aliphatic rings. The molecule has 2 amide bonds. The lowest BCUT2D eigenvalue weighted by Crippen LogP contribution is -2.36. The predicted octanol–water partition coefficient (Wildman–Crippen LogP) is 4.45. The van der Waals surface area contributed by atoms with Gasteiger partial charge in [0, 0.05) is 29.9 Å². The Morgan fingerprint density at radius 3 is 2.36 bits per heavy atom. The summed E-state index contributed by atoms with van der Waals surface area (Å²) in [6, 6.07) is 22.8. The molecular weight excluding hydrogens is 348 g/mol. The lowest BCUT2D eigenvalue weighted by atomic mass is 9.99. The molecule has 3 aromatic carbocycles. The third-order valence-electron chi connectivity index (χ3n) is 5.19. The Balaban J connectivity index is 1.54. The van der Waals surface area contributed by atoms with Gasteiger partial charge in [0.2, 0.25) is 0 Å². The van der Waals surface area contributed by atoms with Gasteiger partial charge in [-0.1, -0.05) is 48.5 Å². The first-order valence-corrected chi connectivity index (χ1v) is 9.45. The molecular formula is C24H22N2O2. The lowest BCUT2D eigenvalue weighted by molar-refractivity contribution is 0.0734. The predicted molar refractivity (Wildman–Crippen MR) is 110 cm³/mol. The third kappa shape index (κ3) is 3.67. The number of carbonyl (C=O) groups is 2. The van der Waals surface area contributed by atoms with Gasteiger partial charge in [-0.2, -0.15) is 0 Å². The van der Waals surface area contributed by atoms with E-state index in [2.05, 4.69) is 17.4 Å². The van der Waals surface area contributed by atoms with Crippen molar-refractivity contribution in [3.63, 3.8) is 0 Å². The quantitative estimate of drug-likeness (QED) is 0.741. The largest absolute Gasteiger partial charge is 0.334 e. The second kappa shape index (κ2) is 7.69. The van der Waals surface area contributed by atoms with E-state index in [9.17, 15) is 9.59 Å². The minimum Gasteiger partial charge on any atom is -0.334 e. The van der Waals surface area contributed by atoms with Crippen molar-refractivity contribution in [2.45, 2.75) is 19.9 Å². The Kier molecular flexibility index (Phi) is 4.94. The van der Waals surface area contributed by atoms with Crippen LogP contribution in [-0.2, 0) is 13.0 Å². The van der Waals surface area contributed by atoms with Crippen molar-refractivity contribution in [3.05, 3.63) is 101 Å². The molecule has 0 unspecified atom stereocenters. The number of hydrogen-bond donors (Lipinski definition) is 1. The zero-order chi connectivity index (χ0) is 19.5. The van der Waals surface area contributed by atoms with Gasteiger partial charge >= 0.3 is 0 Å². The first kappa shape index (κ1) is 18.0. The molecule has 0 atom stereocenters. The summed E-state index contributed by atoms with van der Waals surface area (Å²) in [4.78, 5) is 27.4. The smallest absolute Gasteiger partial charge is 0.255 e. The fourth-order valence-electron chi connectivity index (χ4n) is 3.53. The number of carbonyl (C=O) groups excluding carboxylic acids is 2. The number of anilines is 1. The standard InChI is InChI=1S/C24H22N2O2/c1-17-11-12-20(15-22(17)25-23(27)19-8-3-2-4-9-19)24(28)26-14-13-18-7-5-6-10-21(18)16-26/h2-12,15H,13-14,16H2,1H3,(H,25,27). The molecule has 0 aliphatic carbocycles. The van der Waals surface area contributed by atoms with Crippen LogP contribution in [0.2, 0.25) is 0 Å². The van der Waals surface area contributed by atoms with Crippen molar-refractivity contribution in [2.75, 3.05) is 11.9 Å². The molecule has 28 heavy (non-hydrogen) atoms. The van der Waals surface area contributed by atoms with E-state index in [-0.39, 0.29) is 11.8 Å². The van der Waals surface area contributed by atoms with E-state index < -0.39 is 0 Å². The Labute approximate surface area is 164 Å². The first-order valence-electron chi connectivity index (χ1n) is 9.45. The summed E-state index contributed by atoms with van der Waals surface area (Å²) in [6.45, 7) is 3.25. The van der Waals surface area contributed by atoms with Crippen molar-refractivity contribution in [1.29, 1.82) is 0 Å². The highest BCUT2D eigenvalue weighted by atomic mass is 16.2. The summed E-state index contributed by atoms with van der Waals surface area (Å²) < 4.78 is 0. The molecule has 0 fully saturated rings. The van der Waals surface area contributed by atoms with Crippen molar-refractivity contribution in [2.24, 2.45) is 0 Å². The van der Waals surface area contributed by atoms with Crippen molar-refractivity contribution in [3.8, 4) is 0 Å². The van der Waals surface area contributed by atoms with Gasteiger partial charge in [-0.05, 0) is 54.3 Å². The summed E-state index contributed by atoms with van der Waals surface area (Å²) in [5.41, 5.74) is 5.28. The average molecular weight is 370 g/mol. The van der Waals surface area contributed by atoms with E-state index in [0.29, 0.717) is 29.9 Å². The SMILES string of the molecule is Cc1ccc(C(=O)N2CCc3ccccc3C2)cc1NC(=O)c1ccccc1. The molecule has 4 heteroatoms. The van der Waals surface area contributed by atoms with Gasteiger partial charge in [-0.15, -0.1) is 0 Å². The first-order chi connectivity index (χ1) is 13.6. The van der Waals surface area contributed by atoms with E-state index in [4.69, 9.17) is 0 Å². The van der Waals surface area contributed by atoms with E-state index >= 15 is 0 Å². The summed E-state index contributed by atoms with van der Waals surface area (Å²) >= 11 is 0. The highest BCUT2D eigenvalue weighted by molar-refractivity contribution is 6.05. The van der Waals surface area contributed by atoms with Crippen molar-refractivity contribution in [1.82, 2.24) is 4.90 Å². The Morgan fingerprint density at radius 1 is 0.857 bits per heavy atom. The average Bonchev–Trinajstić information content (AvgIpc) is 2.75. The van der Waals surface area contributed by atoms with Crippen LogP contribution < -0.4 is 5.32 Å². The fraction of sp³-hybridized carbons (Fsp3) is 0.167. The van der Waals surface area contributed by atoms with E-state index in [1.807, 2.05) is 54.3 Å². The fourth-order valence-corrected chi connectivity index (χ4v) is 3.53. The maximum atomic E-state index is 13.0. The third-order valence-corrected chi connectivity index (χ3v) is 5.19. The zero-order valence-corrected chi connectivity index (χ0v) is 15.8. The number of fused-ring (bicyclic) bond motifs is 1. The van der Waals surface area contributed by atoms with Crippen LogP contribution in [0.25, 0.3) is 0 Å². The van der Waals surface area contributed by atoms with Crippen LogP contribution >= 0.6 is 0 Å². The van der Waals surface area contributed by atoms with E-state index in [1.165, 1.54) is 11.1 Å². The molecule has 1 aliphatic heterocycles. The second-order valence-electron chi connectivity index (χ2n) is 7.10. The molecule has 3 aromatic rings. The van der Waals surface area contributed by atoms with E-state index in [1.54, 1.807) is 18.2 Å². The van der Waals surface area contributed by atoms with Gasteiger partial charge in [0.1, 0.15) is 0 Å². The number of aryl methyl sites for hydroxylation is 1. The Morgan fingerprint density at radius 2 is 1.57 bits per heavy atom. The molecule has 0 saturated heterocycles. The van der Waals surface area contributed by atoms with Crippen LogP contribution in [0, 0.1) is 6.92 Å². The molecule has 1 N–H and O–H groups in total. The molecule has 4 nitrogen and oxygen atoms in total. The minimum absolute atomic E-state index is 0.00952. The molecule has 0 saturated carbocycles. The van der Waals surface area contributed by atoms with Crippen LogP contribution in [0.1, 0.15) is 37.4 Å². The second-order valence-corrected chi connectivity index (χ2v) is 7.10. The lowest BCUT2D eigenvalue weighted by Gasteiger charge is -2.29. The highest BCUT2D eigenvalue weighted by Crippen LogP contribution is 2.23. The van der Waals surface area contributed by atoms with Gasteiger partial charge in [0.15, 0.2) is 0 Å². The maximum Gasteiger partial charge on any atom is 0.255 e. The van der Waals surface area contributed by atoms with Gasteiger partial charge in [-0.25, -0.2) is 0 Å². The zero-order valence-electron chi connectivity index (χ0n) is 15.8. The molecule has 0 bridgehead atoms. The Hall–Kier alpha value is -3.40. The molecule has 0 aromatic heterocycles. The van der Waals surface area contributed by atoms with Crippen LogP contribution in [0.4, 0.5) is 5.69 Å². The monoisotopic (exact) mass is 370 g/mol. The summed E-state index contributed by atoms with van der Waals surface area (Å²) in [7, 11) is 0. The van der Waals surface area contributed by atoms with Gasteiger partial charge in [0.25, 0.3) is 11.8 Å². The Bertz CT molecular complexity index is 1030. The van der Waals surface area contributed by atoms with Crippen LogP contribution in [0.5, 0.6) is 0 Å². The number of benzene rings is 3. The summed E-state index contributed by atoms with van der Waals surface area (Å²) in [5, 5.41) is 2.93. The van der Waals surface area contributed by atoms with E-state index in [0.717, 1.165) is 12.0 Å². The van der Waals surface area contributed by atoms with Crippen molar-refractivity contribution < 1.29 is 9.59 Å². The van der Waals surface area contributed by atoms with Gasteiger partial charge < -0.3 is 10.2 Å². The summed E-state index contributed by atoms with van der Waals surface area (Å²) in [5.74, 6) is -0.190. The number of nitrogens with one attached hydrogen (secondary N) is 1. The highest BCUT2D eigenvalue weighted by Gasteiger charge is 2.22. The normalized spacial score (nSPS) is 13.0. The topological polar surface area (TPSA) is 49.4 Å². The number of amides is 2. The van der Waals surface area contributed by atoms with Crippen LogP contribution in [0.3, 0.4) is 0 Å². The van der Waals surface area contributed by atoms with Gasteiger partial charge in [0.05, 0.1) is 0 Å². The molecule has 1 heterocycles. The maximum absolute atomic E-state index is 13.0. The number of rotatable bonds is 3. The van der Waals surface area contributed by atoms with Crippen LogP contribution in [-0.4, -0.2) is 23.3 Å². The van der Waals surface area contributed by atoms with Crippen molar-refractivity contribution >= 4 is 17.5 Å². The molecule has 0 spiro atoms.